The first-order chi connectivity index (χ1) is 32.5. The predicted molar refractivity (Wildman–Crippen MR) is 259 cm³/mol. The lowest BCUT2D eigenvalue weighted by molar-refractivity contribution is -0.137. The molecule has 2 aromatic heterocycles. The SMILES string of the molecule is FC(F)(F)c1ccccc1-c1ccc(N(c2ccc(-c3ccccc3C(F)(F)F)cc2)c2ccc(-c3cccc4c3c3ccccc3n4-c3ccc(C4CCCCC4)cc3)c3nsnc23)cc1. The number of nitrogens with zero attached hydrogens (tertiary/aromatic N) is 4. The van der Waals surface area contributed by atoms with Crippen LogP contribution in [-0.4, -0.2) is 13.3 Å². The second-order valence-corrected chi connectivity index (χ2v) is 17.6. The third-order valence-corrected chi connectivity index (χ3v) is 13.7. The molecule has 2 heterocycles. The molecule has 1 aliphatic rings. The first kappa shape index (κ1) is 42.4. The maximum atomic E-state index is 14.1. The number of benzene rings is 8. The Kier molecular flexibility index (Phi) is 10.7. The van der Waals surface area contributed by atoms with Crippen LogP contribution in [0.5, 0.6) is 0 Å². The van der Waals surface area contributed by atoms with Crippen LogP contribution < -0.4 is 4.90 Å². The fourth-order valence-electron chi connectivity index (χ4n) is 10.1. The maximum Gasteiger partial charge on any atom is 0.417 e. The summed E-state index contributed by atoms with van der Waals surface area (Å²) >= 11 is 1.07. The molecule has 0 atom stereocenters. The van der Waals surface area contributed by atoms with E-state index in [0.717, 1.165) is 62.5 Å². The summed E-state index contributed by atoms with van der Waals surface area (Å²) < 4.78 is 96.9. The molecule has 67 heavy (non-hydrogen) atoms. The summed E-state index contributed by atoms with van der Waals surface area (Å²) in [5, 5.41) is 2.16. The zero-order valence-electron chi connectivity index (χ0n) is 35.8. The van der Waals surface area contributed by atoms with Crippen LogP contribution in [0.3, 0.4) is 0 Å². The standard InChI is InChI=1S/C56H40F6N4S/c57-55(58,59)47-17-7-4-13-42(47)37-23-29-39(30-24-37)65(40-31-25-38(26-32-40)43-14-5-8-18-48(43)56(60,61)62)51-34-33-45(53-54(51)64-67-63-53)44-16-10-20-50-52(44)46-15-6-9-19-49(46)66(50)41-27-21-36(22-28-41)35-11-2-1-3-12-35/h4-10,13-35H,1-3,11-12H2. The highest BCUT2D eigenvalue weighted by molar-refractivity contribution is 7.00. The van der Waals surface area contributed by atoms with Gasteiger partial charge in [-0.1, -0.05) is 122 Å². The summed E-state index contributed by atoms with van der Waals surface area (Å²) in [5.74, 6) is 0.598. The van der Waals surface area contributed by atoms with Crippen LogP contribution in [0.25, 0.3) is 71.9 Å². The highest BCUT2D eigenvalue weighted by atomic mass is 32.1. The summed E-state index contributed by atoms with van der Waals surface area (Å²) in [6.07, 6.45) is -2.80. The third-order valence-electron chi connectivity index (χ3n) is 13.2. The van der Waals surface area contributed by atoms with Crippen molar-refractivity contribution in [2.24, 2.45) is 0 Å². The number of alkyl halides is 6. The summed E-state index contributed by atoms with van der Waals surface area (Å²) in [6, 6.07) is 52.2. The van der Waals surface area contributed by atoms with Gasteiger partial charge < -0.3 is 9.47 Å². The van der Waals surface area contributed by atoms with Gasteiger partial charge in [-0.05, 0) is 125 Å². The molecule has 10 aromatic rings. The molecule has 0 amide bonds. The Labute approximate surface area is 386 Å². The quantitative estimate of drug-likeness (QED) is 0.142. The summed E-state index contributed by atoms with van der Waals surface area (Å²) in [5.41, 5.74) is 8.84. The van der Waals surface area contributed by atoms with Crippen LogP contribution >= 0.6 is 11.7 Å². The van der Waals surface area contributed by atoms with Gasteiger partial charge in [-0.25, -0.2) is 0 Å². The van der Waals surface area contributed by atoms with Gasteiger partial charge in [0.05, 0.1) is 39.6 Å². The van der Waals surface area contributed by atoms with Gasteiger partial charge in [0.1, 0.15) is 11.0 Å². The highest BCUT2D eigenvalue weighted by Crippen LogP contribution is 2.47. The van der Waals surface area contributed by atoms with Crippen molar-refractivity contribution in [1.82, 2.24) is 13.3 Å². The highest BCUT2D eigenvalue weighted by Gasteiger charge is 2.34. The Morgan fingerprint density at radius 2 is 1.01 bits per heavy atom. The van der Waals surface area contributed by atoms with E-state index in [1.54, 1.807) is 60.7 Å². The minimum absolute atomic E-state index is 0.0446. The van der Waals surface area contributed by atoms with Crippen LogP contribution in [0.4, 0.5) is 43.4 Å². The summed E-state index contributed by atoms with van der Waals surface area (Å²) in [7, 11) is 0. The van der Waals surface area contributed by atoms with Crippen LogP contribution in [0.1, 0.15) is 54.7 Å². The van der Waals surface area contributed by atoms with E-state index in [-0.39, 0.29) is 11.1 Å². The molecule has 332 valence electrons. The molecule has 11 rings (SSSR count). The molecule has 0 aliphatic heterocycles. The van der Waals surface area contributed by atoms with E-state index in [0.29, 0.717) is 45.1 Å². The lowest BCUT2D eigenvalue weighted by atomic mass is 9.84. The molecular weight excluding hydrogens is 875 g/mol. The smallest absolute Gasteiger partial charge is 0.309 e. The lowest BCUT2D eigenvalue weighted by Crippen LogP contribution is -2.11. The molecule has 1 aliphatic carbocycles. The van der Waals surface area contributed by atoms with E-state index >= 15 is 0 Å². The predicted octanol–water partition coefficient (Wildman–Crippen LogP) is 17.3. The van der Waals surface area contributed by atoms with Crippen molar-refractivity contribution in [2.45, 2.75) is 50.4 Å². The van der Waals surface area contributed by atoms with E-state index in [1.807, 2.05) is 17.0 Å². The Bertz CT molecular complexity index is 3320. The number of halogens is 6. The zero-order chi connectivity index (χ0) is 45.9. The van der Waals surface area contributed by atoms with Crippen molar-refractivity contribution in [3.05, 3.63) is 193 Å². The molecule has 1 fully saturated rings. The molecule has 0 radical (unpaired) electrons. The Balaban J connectivity index is 1.05. The topological polar surface area (TPSA) is 34.0 Å². The average molecular weight is 915 g/mol. The molecule has 8 aromatic carbocycles. The number of para-hydroxylation sites is 1. The van der Waals surface area contributed by atoms with Crippen molar-refractivity contribution >= 4 is 61.6 Å². The largest absolute Gasteiger partial charge is 0.417 e. The minimum Gasteiger partial charge on any atom is -0.309 e. The number of anilines is 3. The Hall–Kier alpha value is -7.24. The monoisotopic (exact) mass is 914 g/mol. The number of hydrogen-bond acceptors (Lipinski definition) is 4. The minimum atomic E-state index is -4.56. The van der Waals surface area contributed by atoms with Gasteiger partial charge >= 0.3 is 12.4 Å². The molecule has 11 heteroatoms. The van der Waals surface area contributed by atoms with Gasteiger partial charge in [-0.15, -0.1) is 0 Å². The molecule has 0 N–H and O–H groups in total. The van der Waals surface area contributed by atoms with Crippen LogP contribution in [0.2, 0.25) is 0 Å². The van der Waals surface area contributed by atoms with E-state index in [2.05, 4.69) is 71.3 Å². The molecule has 0 saturated heterocycles. The van der Waals surface area contributed by atoms with Gasteiger partial charge in [-0.2, -0.15) is 35.1 Å². The van der Waals surface area contributed by atoms with E-state index < -0.39 is 23.5 Å². The van der Waals surface area contributed by atoms with Gasteiger partial charge in [0.2, 0.25) is 0 Å². The first-order valence-corrected chi connectivity index (χ1v) is 23.0. The number of aromatic nitrogens is 3. The van der Waals surface area contributed by atoms with Crippen LogP contribution in [0, 0.1) is 0 Å². The Morgan fingerprint density at radius 3 is 1.63 bits per heavy atom. The van der Waals surface area contributed by atoms with Gasteiger partial charge in [0, 0.05) is 33.4 Å². The van der Waals surface area contributed by atoms with E-state index in [1.165, 1.54) is 61.9 Å². The van der Waals surface area contributed by atoms with Crippen molar-refractivity contribution in [3.63, 3.8) is 0 Å². The second kappa shape index (κ2) is 16.9. The lowest BCUT2D eigenvalue weighted by Gasteiger charge is -2.26. The van der Waals surface area contributed by atoms with Crippen molar-refractivity contribution in [2.75, 3.05) is 4.90 Å². The van der Waals surface area contributed by atoms with Gasteiger partial charge in [0.15, 0.2) is 0 Å². The molecule has 4 nitrogen and oxygen atoms in total. The van der Waals surface area contributed by atoms with E-state index in [4.69, 9.17) is 8.75 Å². The number of rotatable bonds is 8. The zero-order valence-corrected chi connectivity index (χ0v) is 36.6. The van der Waals surface area contributed by atoms with Gasteiger partial charge in [-0.3, -0.25) is 0 Å². The molecule has 0 unspecified atom stereocenters. The Morgan fingerprint density at radius 1 is 0.478 bits per heavy atom. The molecular formula is C56H40F6N4S. The average Bonchev–Trinajstić information content (AvgIpc) is 3.99. The van der Waals surface area contributed by atoms with Crippen LogP contribution in [0.15, 0.2) is 176 Å². The fraction of sp³-hybridized carbons (Fsp3) is 0.143. The first-order valence-electron chi connectivity index (χ1n) is 22.2. The third kappa shape index (κ3) is 7.70. The maximum absolute atomic E-state index is 14.1. The van der Waals surface area contributed by atoms with E-state index in [9.17, 15) is 26.3 Å². The number of hydrogen-bond donors (Lipinski definition) is 0. The molecule has 0 spiro atoms. The normalized spacial score (nSPS) is 13.8. The van der Waals surface area contributed by atoms with Crippen LogP contribution in [-0.2, 0) is 12.4 Å². The van der Waals surface area contributed by atoms with Crippen molar-refractivity contribution < 1.29 is 26.3 Å². The van der Waals surface area contributed by atoms with Gasteiger partial charge in [0.25, 0.3) is 0 Å². The summed E-state index contributed by atoms with van der Waals surface area (Å²) in [4.78, 5) is 1.91. The van der Waals surface area contributed by atoms with Crippen molar-refractivity contribution in [1.29, 1.82) is 0 Å². The fourth-order valence-corrected chi connectivity index (χ4v) is 10.6. The molecule has 1 saturated carbocycles. The number of fused-ring (bicyclic) bond motifs is 4. The molecule has 0 bridgehead atoms. The second-order valence-electron chi connectivity index (χ2n) is 17.1. The summed E-state index contributed by atoms with van der Waals surface area (Å²) in [6.45, 7) is 0. The van der Waals surface area contributed by atoms with Crippen molar-refractivity contribution in [3.8, 4) is 39.1 Å².